The molecule has 2 N–H and O–H groups in total. The summed E-state index contributed by atoms with van der Waals surface area (Å²) in [5.41, 5.74) is 4.81. The van der Waals surface area contributed by atoms with Crippen LogP contribution in [-0.4, -0.2) is 31.9 Å². The van der Waals surface area contributed by atoms with Crippen LogP contribution >= 0.6 is 35.1 Å². The van der Waals surface area contributed by atoms with Crippen molar-refractivity contribution in [2.24, 2.45) is 10.4 Å². The number of nitrogens with zero attached hydrogens (tertiary/aromatic N) is 1. The zero-order chi connectivity index (χ0) is 23.7. The van der Waals surface area contributed by atoms with Crippen molar-refractivity contribution in [1.29, 1.82) is 0 Å². The van der Waals surface area contributed by atoms with E-state index in [1.165, 1.54) is 17.7 Å². The minimum absolute atomic E-state index is 0.284. The number of thiophene rings is 1. The highest BCUT2D eigenvalue weighted by molar-refractivity contribution is 7.98. The van der Waals surface area contributed by atoms with Crippen LogP contribution in [0.4, 0.5) is 5.69 Å². The highest BCUT2D eigenvalue weighted by atomic mass is 35.5. The van der Waals surface area contributed by atoms with E-state index in [1.807, 2.05) is 32.0 Å². The number of nitrogens with one attached hydrogen (secondary N) is 2. The third kappa shape index (κ3) is 7.37. The van der Waals surface area contributed by atoms with E-state index in [1.54, 1.807) is 18.4 Å². The molecule has 1 aromatic carbocycles. The molecule has 0 aliphatic rings. The number of hydrogen-bond acceptors (Lipinski definition) is 7. The van der Waals surface area contributed by atoms with Gasteiger partial charge in [-0.3, -0.25) is 9.79 Å². The van der Waals surface area contributed by atoms with Gasteiger partial charge in [0.15, 0.2) is 0 Å². The SMILES string of the molecule is CC/C(=C\C(=NC)C(C)(C)COC=O)c1csc(-c2ccc(NSNC(C)C)cc2Cl)c1. The monoisotopic (exact) mass is 493 g/mol. The molecule has 0 amide bonds. The first-order valence-corrected chi connectivity index (χ1v) is 12.6. The standard InChI is InChI=1S/C24H32ClN3O2S2/c1-7-17(11-23(26-6)24(4,5)14-30-15-29)18-10-22(31-13-18)20-9-8-19(12-21(20)25)28-32-27-16(2)3/h8-13,15-16,27-28H,7,14H2,1-6H3/b17-11+,26-23?. The first kappa shape index (κ1) is 26.5. The van der Waals surface area contributed by atoms with Gasteiger partial charge in [-0.25, -0.2) is 4.72 Å². The molecule has 32 heavy (non-hydrogen) atoms. The average molecular weight is 494 g/mol. The Morgan fingerprint density at radius 1 is 1.34 bits per heavy atom. The van der Waals surface area contributed by atoms with Gasteiger partial charge in [-0.15, -0.1) is 11.3 Å². The second-order valence-corrected chi connectivity index (χ2v) is 10.3. The van der Waals surface area contributed by atoms with E-state index in [9.17, 15) is 4.79 Å². The second kappa shape index (κ2) is 12.4. The molecule has 0 spiro atoms. The Bertz CT molecular complexity index is 968. The van der Waals surface area contributed by atoms with Crippen molar-refractivity contribution in [3.8, 4) is 10.4 Å². The fourth-order valence-corrected chi connectivity index (χ4v) is 4.92. The predicted octanol–water partition coefficient (Wildman–Crippen LogP) is 7.11. The molecule has 2 aromatic rings. The molecule has 8 heteroatoms. The van der Waals surface area contributed by atoms with Crippen LogP contribution < -0.4 is 9.44 Å². The summed E-state index contributed by atoms with van der Waals surface area (Å²) in [6.45, 7) is 11.1. The van der Waals surface area contributed by atoms with Gasteiger partial charge in [0.25, 0.3) is 6.47 Å². The lowest BCUT2D eigenvalue weighted by Crippen LogP contribution is -2.28. The summed E-state index contributed by atoms with van der Waals surface area (Å²) in [6, 6.07) is 8.58. The lowest BCUT2D eigenvalue weighted by atomic mass is 9.86. The minimum Gasteiger partial charge on any atom is -0.467 e. The van der Waals surface area contributed by atoms with E-state index < -0.39 is 0 Å². The van der Waals surface area contributed by atoms with Crippen LogP contribution in [0, 0.1) is 5.41 Å². The maximum atomic E-state index is 10.6. The smallest absolute Gasteiger partial charge is 0.293 e. The van der Waals surface area contributed by atoms with E-state index in [0.29, 0.717) is 17.5 Å². The number of anilines is 1. The van der Waals surface area contributed by atoms with Gasteiger partial charge < -0.3 is 9.46 Å². The van der Waals surface area contributed by atoms with Crippen LogP contribution in [0.25, 0.3) is 16.0 Å². The number of hydrogen-bond donors (Lipinski definition) is 2. The van der Waals surface area contributed by atoms with Crippen LogP contribution in [0.2, 0.25) is 5.02 Å². The van der Waals surface area contributed by atoms with Crippen molar-refractivity contribution in [2.75, 3.05) is 18.4 Å². The van der Waals surface area contributed by atoms with Crippen LogP contribution in [0.3, 0.4) is 0 Å². The zero-order valence-electron chi connectivity index (χ0n) is 19.5. The zero-order valence-corrected chi connectivity index (χ0v) is 21.9. The lowest BCUT2D eigenvalue weighted by Gasteiger charge is -2.24. The van der Waals surface area contributed by atoms with Gasteiger partial charge in [0, 0.05) is 52.5 Å². The fourth-order valence-electron chi connectivity index (χ4n) is 3.06. The molecule has 1 aromatic heterocycles. The number of carbonyl (C=O) groups is 1. The maximum absolute atomic E-state index is 10.6. The van der Waals surface area contributed by atoms with Crippen LogP contribution in [0.1, 0.15) is 46.6 Å². The van der Waals surface area contributed by atoms with E-state index in [4.69, 9.17) is 16.3 Å². The van der Waals surface area contributed by atoms with Crippen molar-refractivity contribution < 1.29 is 9.53 Å². The molecule has 0 aliphatic carbocycles. The Balaban J connectivity index is 2.24. The number of allylic oxidation sites excluding steroid dienone is 2. The first-order chi connectivity index (χ1) is 15.2. The molecule has 0 saturated heterocycles. The Kier molecular flexibility index (Phi) is 10.3. The van der Waals surface area contributed by atoms with Crippen molar-refractivity contribution in [3.63, 3.8) is 0 Å². The van der Waals surface area contributed by atoms with Crippen molar-refractivity contribution in [1.82, 2.24) is 4.72 Å². The average Bonchev–Trinajstić information content (AvgIpc) is 3.22. The summed E-state index contributed by atoms with van der Waals surface area (Å²) < 4.78 is 11.5. The number of halogens is 1. The molecule has 0 fully saturated rings. The normalized spacial score (nSPS) is 12.9. The fraction of sp³-hybridized carbons (Fsp3) is 0.417. The van der Waals surface area contributed by atoms with Gasteiger partial charge in [-0.2, -0.15) is 0 Å². The quantitative estimate of drug-likeness (QED) is 0.187. The summed E-state index contributed by atoms with van der Waals surface area (Å²) in [4.78, 5) is 16.2. The third-order valence-electron chi connectivity index (χ3n) is 4.81. The van der Waals surface area contributed by atoms with Gasteiger partial charge in [0.1, 0.15) is 6.61 Å². The van der Waals surface area contributed by atoms with E-state index in [2.05, 4.69) is 52.7 Å². The van der Waals surface area contributed by atoms with Crippen LogP contribution in [-0.2, 0) is 9.53 Å². The van der Waals surface area contributed by atoms with Gasteiger partial charge in [0.05, 0.1) is 5.02 Å². The molecule has 2 rings (SSSR count). The number of carbonyl (C=O) groups excluding carboxylic acids is 1. The molecule has 1 heterocycles. The number of aliphatic imine (C=N–C) groups is 1. The molecule has 0 aliphatic heterocycles. The molecular weight excluding hydrogens is 462 g/mol. The summed E-state index contributed by atoms with van der Waals surface area (Å²) in [5.74, 6) is 0. The highest BCUT2D eigenvalue weighted by Crippen LogP contribution is 2.37. The van der Waals surface area contributed by atoms with Gasteiger partial charge in [-0.1, -0.05) is 32.4 Å². The summed E-state index contributed by atoms with van der Waals surface area (Å²) in [5, 5.41) is 2.86. The summed E-state index contributed by atoms with van der Waals surface area (Å²) in [7, 11) is 1.77. The van der Waals surface area contributed by atoms with E-state index in [-0.39, 0.29) is 12.0 Å². The van der Waals surface area contributed by atoms with Crippen molar-refractivity contribution >= 4 is 58.5 Å². The molecule has 0 radical (unpaired) electrons. The molecule has 0 unspecified atom stereocenters. The first-order valence-electron chi connectivity index (χ1n) is 10.5. The Labute approximate surface area is 205 Å². The molecule has 174 valence electrons. The van der Waals surface area contributed by atoms with Gasteiger partial charge in [0.2, 0.25) is 0 Å². The summed E-state index contributed by atoms with van der Waals surface area (Å²) in [6.07, 6.45) is 2.96. The minimum atomic E-state index is -0.372. The molecule has 0 bridgehead atoms. The summed E-state index contributed by atoms with van der Waals surface area (Å²) >= 11 is 9.72. The number of benzene rings is 1. The Morgan fingerprint density at radius 2 is 2.09 bits per heavy atom. The maximum Gasteiger partial charge on any atom is 0.293 e. The van der Waals surface area contributed by atoms with Gasteiger partial charge >= 0.3 is 0 Å². The molecule has 0 atom stereocenters. The van der Waals surface area contributed by atoms with Crippen molar-refractivity contribution in [3.05, 3.63) is 46.3 Å². The van der Waals surface area contributed by atoms with Crippen LogP contribution in [0.5, 0.6) is 0 Å². The second-order valence-electron chi connectivity index (χ2n) is 8.29. The van der Waals surface area contributed by atoms with Gasteiger partial charge in [-0.05, 0) is 67.1 Å². The number of rotatable bonds is 12. The predicted molar refractivity (Wildman–Crippen MR) is 142 cm³/mol. The molecule has 5 nitrogen and oxygen atoms in total. The van der Waals surface area contributed by atoms with Crippen molar-refractivity contribution in [2.45, 2.75) is 47.1 Å². The van der Waals surface area contributed by atoms with E-state index in [0.717, 1.165) is 33.8 Å². The third-order valence-corrected chi connectivity index (χ3v) is 7.01. The Morgan fingerprint density at radius 3 is 2.69 bits per heavy atom. The highest BCUT2D eigenvalue weighted by Gasteiger charge is 2.25. The van der Waals surface area contributed by atoms with Crippen LogP contribution in [0.15, 0.2) is 40.7 Å². The number of ether oxygens (including phenoxy) is 1. The Hall–Kier alpha value is -1.80. The lowest BCUT2D eigenvalue weighted by molar-refractivity contribution is -0.130. The molecule has 0 saturated carbocycles. The largest absolute Gasteiger partial charge is 0.467 e. The van der Waals surface area contributed by atoms with E-state index >= 15 is 0 Å². The molecular formula is C24H32ClN3O2S2. The topological polar surface area (TPSA) is 62.7 Å².